The van der Waals surface area contributed by atoms with E-state index >= 15 is 0 Å². The number of rotatable bonds is 5. The molecular weight excluding hydrogens is 539 g/mol. The molecule has 2 aromatic rings. The predicted molar refractivity (Wildman–Crippen MR) is 153 cm³/mol. The summed E-state index contributed by atoms with van der Waals surface area (Å²) >= 11 is 0. The van der Waals surface area contributed by atoms with Crippen LogP contribution in [-0.4, -0.2) is 61.0 Å². The second kappa shape index (κ2) is 10.8. The summed E-state index contributed by atoms with van der Waals surface area (Å²) in [4.78, 5) is 29.3. The SMILES string of the molecule is C[C@H]1[C@@H](Oc2ccc(CC(=O)N3CCN(c4ccc(F)cc4)CC3)cc2)O[C@@H]2O[C@@]3(C)CC[C@H]4[C@H](C)CC[C@@H]1[C@@]24OO3. The van der Waals surface area contributed by atoms with Gasteiger partial charge in [-0.25, -0.2) is 14.2 Å². The van der Waals surface area contributed by atoms with E-state index in [4.69, 9.17) is 24.0 Å². The molecule has 2 aromatic carbocycles. The van der Waals surface area contributed by atoms with Crippen molar-refractivity contribution in [2.45, 2.75) is 76.8 Å². The number of carbonyl (C=O) groups excluding carboxylic acids is 1. The van der Waals surface area contributed by atoms with Crippen LogP contribution in [0.3, 0.4) is 0 Å². The van der Waals surface area contributed by atoms with Crippen LogP contribution >= 0.6 is 0 Å². The van der Waals surface area contributed by atoms with Crippen molar-refractivity contribution in [1.29, 1.82) is 0 Å². The first-order valence-corrected chi connectivity index (χ1v) is 15.5. The van der Waals surface area contributed by atoms with Crippen LogP contribution in [0.1, 0.15) is 52.0 Å². The van der Waals surface area contributed by atoms with E-state index in [1.165, 1.54) is 12.1 Å². The zero-order valence-corrected chi connectivity index (χ0v) is 24.7. The number of halogens is 1. The van der Waals surface area contributed by atoms with Crippen LogP contribution in [0.4, 0.5) is 10.1 Å². The van der Waals surface area contributed by atoms with Gasteiger partial charge in [-0.05, 0) is 80.0 Å². The fourth-order valence-electron chi connectivity index (χ4n) is 7.98. The van der Waals surface area contributed by atoms with Crippen molar-refractivity contribution >= 4 is 11.6 Å². The van der Waals surface area contributed by atoms with Gasteiger partial charge in [0, 0.05) is 50.1 Å². The van der Waals surface area contributed by atoms with Crippen molar-refractivity contribution in [3.63, 3.8) is 0 Å². The molecule has 0 radical (unpaired) electrons. The van der Waals surface area contributed by atoms with Gasteiger partial charge in [-0.1, -0.05) is 26.0 Å². The topological polar surface area (TPSA) is 69.7 Å². The minimum atomic E-state index is -0.815. The number of hydrogen-bond acceptors (Lipinski definition) is 7. The third kappa shape index (κ3) is 4.88. The Morgan fingerprint density at radius 3 is 2.43 bits per heavy atom. The minimum Gasteiger partial charge on any atom is -0.465 e. The Hall–Kier alpha value is -2.72. The summed E-state index contributed by atoms with van der Waals surface area (Å²) in [6.07, 6.45) is 3.25. The molecule has 226 valence electrons. The van der Waals surface area contributed by atoms with Gasteiger partial charge in [0.25, 0.3) is 0 Å². The van der Waals surface area contributed by atoms with Gasteiger partial charge in [-0.15, -0.1) is 0 Å². The Morgan fingerprint density at radius 2 is 1.69 bits per heavy atom. The summed E-state index contributed by atoms with van der Waals surface area (Å²) in [6, 6.07) is 14.3. The number of piperazine rings is 1. The fourth-order valence-corrected chi connectivity index (χ4v) is 7.98. The average Bonchev–Trinajstić information content (AvgIpc) is 3.23. The van der Waals surface area contributed by atoms with Crippen molar-refractivity contribution in [1.82, 2.24) is 4.90 Å². The van der Waals surface area contributed by atoms with Gasteiger partial charge < -0.3 is 24.0 Å². The first-order valence-electron chi connectivity index (χ1n) is 15.5. The van der Waals surface area contributed by atoms with Gasteiger partial charge in [-0.2, -0.15) is 0 Å². The summed E-state index contributed by atoms with van der Waals surface area (Å²) in [5, 5.41) is 0. The number of amides is 1. The number of anilines is 1. The normalized spacial score (nSPS) is 37.6. The van der Waals surface area contributed by atoms with Crippen LogP contribution in [0.5, 0.6) is 5.75 Å². The van der Waals surface area contributed by atoms with E-state index in [2.05, 4.69) is 18.7 Å². The standard InChI is InChI=1S/C33H41FN2O6/c1-21-4-13-28-22(2)30(39-31-33(28)27(21)14-15-32(3,40-31)41-42-33)38-26-11-5-23(6-12-26)20-29(37)36-18-16-35(17-19-36)25-9-7-24(34)8-10-25/h5-12,21-22,27-28,30-31H,4,13-20H2,1-3H3/t21-,22-,27+,28+,30+,31-,32-,33-/m1/s1. The van der Waals surface area contributed by atoms with Crippen LogP contribution in [0.15, 0.2) is 48.5 Å². The van der Waals surface area contributed by atoms with E-state index in [1.807, 2.05) is 36.1 Å². The van der Waals surface area contributed by atoms with Gasteiger partial charge in [0.2, 0.25) is 18.0 Å². The molecule has 5 saturated heterocycles. The number of carbonyl (C=O) groups is 1. The molecule has 9 heteroatoms. The number of fused-ring (bicyclic) bond motifs is 2. The highest BCUT2D eigenvalue weighted by atomic mass is 19.1. The van der Waals surface area contributed by atoms with Crippen molar-refractivity contribution in [3.05, 3.63) is 59.9 Å². The Kier molecular flexibility index (Phi) is 7.20. The summed E-state index contributed by atoms with van der Waals surface area (Å²) < 4.78 is 32.7. The van der Waals surface area contributed by atoms with E-state index < -0.39 is 24.0 Å². The first-order chi connectivity index (χ1) is 20.2. The molecule has 8 rings (SSSR count). The molecule has 1 aliphatic carbocycles. The highest BCUT2D eigenvalue weighted by Crippen LogP contribution is 2.60. The number of nitrogens with zero attached hydrogens (tertiary/aromatic N) is 2. The van der Waals surface area contributed by atoms with Crippen LogP contribution in [0.2, 0.25) is 0 Å². The quantitative estimate of drug-likeness (QED) is 0.445. The van der Waals surface area contributed by atoms with Crippen LogP contribution in [0.25, 0.3) is 0 Å². The highest BCUT2D eigenvalue weighted by molar-refractivity contribution is 5.79. The smallest absolute Gasteiger partial charge is 0.227 e. The molecule has 6 fully saturated rings. The number of hydrogen-bond donors (Lipinski definition) is 0. The lowest BCUT2D eigenvalue weighted by molar-refractivity contribution is -0.575. The largest absolute Gasteiger partial charge is 0.465 e. The first kappa shape index (κ1) is 28.1. The van der Waals surface area contributed by atoms with Crippen molar-refractivity contribution in [2.24, 2.45) is 23.7 Å². The molecule has 5 heterocycles. The maximum atomic E-state index is 13.3. The van der Waals surface area contributed by atoms with E-state index in [9.17, 15) is 9.18 Å². The molecule has 8 nitrogen and oxygen atoms in total. The Balaban J connectivity index is 0.974. The van der Waals surface area contributed by atoms with Gasteiger partial charge in [0.1, 0.15) is 11.6 Å². The van der Waals surface area contributed by atoms with Crippen LogP contribution in [-0.2, 0) is 30.5 Å². The molecule has 6 aliphatic rings. The van der Waals surface area contributed by atoms with Crippen molar-refractivity contribution in [2.75, 3.05) is 31.1 Å². The lowest BCUT2D eigenvalue weighted by atomic mass is 9.58. The molecule has 2 bridgehead atoms. The molecule has 0 aromatic heterocycles. The van der Waals surface area contributed by atoms with E-state index in [0.29, 0.717) is 37.1 Å². The Labute approximate surface area is 246 Å². The maximum Gasteiger partial charge on any atom is 0.227 e. The molecular formula is C33H41FN2O6. The van der Waals surface area contributed by atoms with E-state index in [-0.39, 0.29) is 23.6 Å². The Morgan fingerprint density at radius 1 is 0.952 bits per heavy atom. The summed E-state index contributed by atoms with van der Waals surface area (Å²) in [5.41, 5.74) is 1.32. The second-order valence-corrected chi connectivity index (χ2v) is 13.1. The van der Waals surface area contributed by atoms with Crippen LogP contribution < -0.4 is 9.64 Å². The third-order valence-corrected chi connectivity index (χ3v) is 10.5. The zero-order valence-electron chi connectivity index (χ0n) is 24.7. The van der Waals surface area contributed by atoms with Crippen LogP contribution in [0, 0.1) is 29.5 Å². The molecule has 0 N–H and O–H groups in total. The average molecular weight is 581 g/mol. The number of benzene rings is 2. The van der Waals surface area contributed by atoms with Gasteiger partial charge >= 0.3 is 0 Å². The Bertz CT molecular complexity index is 1280. The summed E-state index contributed by atoms with van der Waals surface area (Å²) in [7, 11) is 0. The minimum absolute atomic E-state index is 0.0840. The zero-order chi connectivity index (χ0) is 29.1. The predicted octanol–water partition coefficient (Wildman–Crippen LogP) is 5.30. The third-order valence-electron chi connectivity index (χ3n) is 10.5. The van der Waals surface area contributed by atoms with E-state index in [0.717, 1.165) is 50.0 Å². The molecule has 8 atom stereocenters. The van der Waals surface area contributed by atoms with Gasteiger partial charge in [0.15, 0.2) is 11.9 Å². The lowest BCUT2D eigenvalue weighted by Crippen LogP contribution is -2.70. The molecule has 1 saturated carbocycles. The number of ether oxygens (including phenoxy) is 3. The monoisotopic (exact) mass is 580 g/mol. The van der Waals surface area contributed by atoms with E-state index in [1.54, 1.807) is 12.1 Å². The maximum absolute atomic E-state index is 13.3. The molecule has 1 spiro atoms. The molecule has 42 heavy (non-hydrogen) atoms. The van der Waals surface area contributed by atoms with Gasteiger partial charge in [0.05, 0.1) is 6.42 Å². The molecule has 5 aliphatic heterocycles. The lowest BCUT2D eigenvalue weighted by Gasteiger charge is -2.60. The summed E-state index contributed by atoms with van der Waals surface area (Å²) in [5.74, 6) is 0.866. The summed E-state index contributed by atoms with van der Waals surface area (Å²) in [6.45, 7) is 9.17. The molecule has 0 unspecified atom stereocenters. The highest BCUT2D eigenvalue weighted by Gasteiger charge is 2.69. The second-order valence-electron chi connectivity index (χ2n) is 13.1. The fraction of sp³-hybridized carbons (Fsp3) is 0.606. The van der Waals surface area contributed by atoms with Crippen molar-refractivity contribution in [3.8, 4) is 5.75 Å². The van der Waals surface area contributed by atoms with Gasteiger partial charge in [-0.3, -0.25) is 4.79 Å². The molecule has 1 amide bonds. The van der Waals surface area contributed by atoms with Crippen molar-refractivity contribution < 1.29 is 33.2 Å².